The van der Waals surface area contributed by atoms with E-state index in [1.54, 1.807) is 41.3 Å². The highest BCUT2D eigenvalue weighted by Gasteiger charge is 2.80. The Morgan fingerprint density at radius 3 is 2.44 bits per heavy atom. The zero-order valence-corrected chi connectivity index (χ0v) is 25.6. The molecule has 3 heterocycles. The predicted octanol–water partition coefficient (Wildman–Crippen LogP) is 4.31. The van der Waals surface area contributed by atoms with E-state index in [-0.39, 0.29) is 42.7 Å². The van der Waals surface area contributed by atoms with Crippen molar-refractivity contribution in [1.29, 1.82) is 0 Å². The number of likely N-dealkylation sites (tertiary alicyclic amines) is 1. The van der Waals surface area contributed by atoms with Crippen molar-refractivity contribution in [2.24, 2.45) is 23.7 Å². The highest BCUT2D eigenvalue weighted by atomic mass is 35.5. The molecule has 0 aliphatic carbocycles. The number of carbonyl (C=O) groups is 3. The van der Waals surface area contributed by atoms with E-state index in [0.717, 1.165) is 6.42 Å². The smallest absolute Gasteiger partial charge is 0.253 e. The lowest BCUT2D eigenvalue weighted by Gasteiger charge is -2.40. The fraction of sp³-hybridized carbons (Fsp3) is 0.594. The molecule has 4 rings (SSSR count). The fourth-order valence-electron chi connectivity index (χ4n) is 7.48. The van der Waals surface area contributed by atoms with Crippen molar-refractivity contribution < 1.29 is 24.2 Å². The standard InChI is InChI=1S/C32H44ClN3O5/c1-8-15-34(16-9-2)28(38)25-26-29(39)36(24(19-37)20(4)5)27(32(26)18-21(6)31(25,7)41-32)30(40)35(17-10-3)23-14-12-11-13-22(23)33/h8,10-14,20-21,24-27,37H,1,3,9,15-19H2,2,4-7H3/t21?,24-,25-,26-,27?,31+,32?/m0/s1. The van der Waals surface area contributed by atoms with Crippen LogP contribution in [0.3, 0.4) is 0 Å². The molecule has 3 aliphatic rings. The summed E-state index contributed by atoms with van der Waals surface area (Å²) in [6.45, 7) is 18.2. The molecule has 0 radical (unpaired) electrons. The third kappa shape index (κ3) is 4.82. The zero-order valence-electron chi connectivity index (χ0n) is 24.9. The van der Waals surface area contributed by atoms with Crippen LogP contribution < -0.4 is 4.90 Å². The predicted molar refractivity (Wildman–Crippen MR) is 160 cm³/mol. The van der Waals surface area contributed by atoms with E-state index in [1.807, 2.05) is 34.6 Å². The number of anilines is 1. The molecule has 3 saturated heterocycles. The van der Waals surface area contributed by atoms with E-state index < -0.39 is 35.1 Å². The molecule has 3 aliphatic heterocycles. The minimum absolute atomic E-state index is 0.0947. The van der Waals surface area contributed by atoms with Crippen molar-refractivity contribution in [2.45, 2.75) is 70.7 Å². The summed E-state index contributed by atoms with van der Waals surface area (Å²) < 4.78 is 6.90. The number of aliphatic hydroxyl groups excluding tert-OH is 1. The summed E-state index contributed by atoms with van der Waals surface area (Å²) >= 11 is 6.56. The number of nitrogens with zero attached hydrogens (tertiary/aromatic N) is 3. The zero-order chi connectivity index (χ0) is 30.3. The van der Waals surface area contributed by atoms with Gasteiger partial charge in [0.25, 0.3) is 5.91 Å². The molecule has 0 saturated carbocycles. The van der Waals surface area contributed by atoms with Crippen LogP contribution in [0.5, 0.6) is 0 Å². The molecule has 9 heteroatoms. The van der Waals surface area contributed by atoms with Gasteiger partial charge in [-0.1, -0.05) is 63.6 Å². The van der Waals surface area contributed by atoms with Crippen LogP contribution in [-0.2, 0) is 19.1 Å². The van der Waals surface area contributed by atoms with E-state index in [4.69, 9.17) is 16.3 Å². The summed E-state index contributed by atoms with van der Waals surface area (Å²) in [5, 5.41) is 10.9. The summed E-state index contributed by atoms with van der Waals surface area (Å²) in [6.07, 6.45) is 4.50. The number of para-hydroxylation sites is 1. The van der Waals surface area contributed by atoms with Gasteiger partial charge in [0.2, 0.25) is 11.8 Å². The molecule has 0 aromatic heterocycles. The molecule has 3 amide bonds. The average Bonchev–Trinajstić information content (AvgIpc) is 3.44. The Labute approximate surface area is 248 Å². The Morgan fingerprint density at radius 2 is 1.88 bits per heavy atom. The third-order valence-electron chi connectivity index (χ3n) is 9.44. The molecule has 3 fully saturated rings. The molecule has 7 atom stereocenters. The number of halogens is 1. The fourth-order valence-corrected chi connectivity index (χ4v) is 7.72. The number of amides is 3. The molecule has 8 nitrogen and oxygen atoms in total. The highest BCUT2D eigenvalue weighted by molar-refractivity contribution is 6.34. The largest absolute Gasteiger partial charge is 0.394 e. The Bertz CT molecular complexity index is 1210. The number of hydrogen-bond donors (Lipinski definition) is 1. The lowest BCUT2D eigenvalue weighted by atomic mass is 9.62. The first-order chi connectivity index (χ1) is 19.4. The molecular weight excluding hydrogens is 542 g/mol. The summed E-state index contributed by atoms with van der Waals surface area (Å²) in [6, 6.07) is 5.35. The SMILES string of the molecule is C=CCN(CCC)C(=O)[C@@H]1[C@H]2C(=O)N([C@@H](CO)C(C)C)C(C(=O)N(CC=C)c3ccccc3Cl)C23CC(C)[C@@]1(C)O3. The Kier molecular flexibility index (Phi) is 9.07. The summed E-state index contributed by atoms with van der Waals surface area (Å²) in [5.41, 5.74) is -1.68. The van der Waals surface area contributed by atoms with Crippen LogP contribution in [-0.4, -0.2) is 82.2 Å². The second-order valence-electron chi connectivity index (χ2n) is 12.2. The molecule has 41 heavy (non-hydrogen) atoms. The number of aliphatic hydroxyl groups is 1. The van der Waals surface area contributed by atoms with Crippen LogP contribution >= 0.6 is 11.6 Å². The second-order valence-corrected chi connectivity index (χ2v) is 12.6. The van der Waals surface area contributed by atoms with Crippen molar-refractivity contribution in [3.05, 3.63) is 54.6 Å². The molecule has 1 aromatic carbocycles. The highest BCUT2D eigenvalue weighted by Crippen LogP contribution is 2.66. The normalized spacial score (nSPS) is 30.8. The minimum atomic E-state index is -1.24. The van der Waals surface area contributed by atoms with Crippen molar-refractivity contribution in [2.75, 3.05) is 31.1 Å². The van der Waals surface area contributed by atoms with Crippen molar-refractivity contribution >= 4 is 35.0 Å². The van der Waals surface area contributed by atoms with E-state index in [1.165, 1.54) is 9.80 Å². The first-order valence-corrected chi connectivity index (χ1v) is 15.0. The first-order valence-electron chi connectivity index (χ1n) is 14.6. The van der Waals surface area contributed by atoms with Gasteiger partial charge in [-0.3, -0.25) is 14.4 Å². The maximum absolute atomic E-state index is 14.8. The molecule has 1 N–H and O–H groups in total. The number of rotatable bonds is 12. The molecule has 1 aromatic rings. The van der Waals surface area contributed by atoms with Crippen LogP contribution in [0.15, 0.2) is 49.6 Å². The van der Waals surface area contributed by atoms with Gasteiger partial charge in [-0.2, -0.15) is 0 Å². The molecule has 1 spiro atoms. The Hall–Kier alpha value is -2.68. The third-order valence-corrected chi connectivity index (χ3v) is 9.76. The number of hydrogen-bond acceptors (Lipinski definition) is 5. The lowest BCUT2D eigenvalue weighted by Crippen LogP contribution is -2.60. The Balaban J connectivity index is 1.91. The maximum atomic E-state index is 14.8. The quantitative estimate of drug-likeness (QED) is 0.369. The Morgan fingerprint density at radius 1 is 1.22 bits per heavy atom. The number of ether oxygens (including phenoxy) is 1. The van der Waals surface area contributed by atoms with E-state index in [2.05, 4.69) is 13.2 Å². The monoisotopic (exact) mass is 585 g/mol. The van der Waals surface area contributed by atoms with Crippen LogP contribution in [0, 0.1) is 23.7 Å². The van der Waals surface area contributed by atoms with Gasteiger partial charge in [-0.25, -0.2) is 0 Å². The molecule has 224 valence electrons. The summed E-state index contributed by atoms with van der Waals surface area (Å²) in [7, 11) is 0. The average molecular weight is 586 g/mol. The second kappa shape index (κ2) is 11.9. The topological polar surface area (TPSA) is 90.4 Å². The van der Waals surface area contributed by atoms with Gasteiger partial charge in [0.15, 0.2) is 0 Å². The van der Waals surface area contributed by atoms with Crippen molar-refractivity contribution in [1.82, 2.24) is 9.80 Å². The van der Waals surface area contributed by atoms with Crippen molar-refractivity contribution in [3.8, 4) is 0 Å². The number of fused-ring (bicyclic) bond motifs is 1. The van der Waals surface area contributed by atoms with Gasteiger partial charge >= 0.3 is 0 Å². The summed E-state index contributed by atoms with van der Waals surface area (Å²) in [4.78, 5) is 48.5. The minimum Gasteiger partial charge on any atom is -0.394 e. The van der Waals surface area contributed by atoms with Crippen molar-refractivity contribution in [3.63, 3.8) is 0 Å². The van der Waals surface area contributed by atoms with E-state index >= 15 is 0 Å². The van der Waals surface area contributed by atoms with Gasteiger partial charge in [-0.15, -0.1) is 13.2 Å². The van der Waals surface area contributed by atoms with Crippen LogP contribution in [0.4, 0.5) is 5.69 Å². The van der Waals surface area contributed by atoms with Crippen LogP contribution in [0.1, 0.15) is 47.5 Å². The van der Waals surface area contributed by atoms with E-state index in [0.29, 0.717) is 30.2 Å². The van der Waals surface area contributed by atoms with Gasteiger partial charge in [-0.05, 0) is 43.7 Å². The van der Waals surface area contributed by atoms with Gasteiger partial charge in [0.1, 0.15) is 11.6 Å². The number of carbonyl (C=O) groups excluding carboxylic acids is 3. The van der Waals surface area contributed by atoms with Crippen LogP contribution in [0.25, 0.3) is 0 Å². The number of benzene rings is 1. The lowest BCUT2D eigenvalue weighted by molar-refractivity contribution is -0.154. The molecular formula is C32H44ClN3O5. The van der Waals surface area contributed by atoms with Gasteiger partial charge in [0.05, 0.1) is 40.8 Å². The maximum Gasteiger partial charge on any atom is 0.253 e. The van der Waals surface area contributed by atoms with E-state index in [9.17, 15) is 19.5 Å². The first kappa shape index (κ1) is 31.3. The summed E-state index contributed by atoms with van der Waals surface area (Å²) in [5.74, 6) is -2.73. The van der Waals surface area contributed by atoms with Gasteiger partial charge in [0, 0.05) is 19.6 Å². The van der Waals surface area contributed by atoms with Gasteiger partial charge < -0.3 is 24.5 Å². The molecule has 3 unspecified atom stereocenters. The van der Waals surface area contributed by atoms with Crippen LogP contribution in [0.2, 0.25) is 5.02 Å². The molecule has 2 bridgehead atoms.